The zero-order valence-electron chi connectivity index (χ0n) is 11.2. The van der Waals surface area contributed by atoms with Gasteiger partial charge < -0.3 is 4.74 Å². The fraction of sp³-hybridized carbons (Fsp3) is 0.312. The third kappa shape index (κ3) is 3.58. The van der Waals surface area contributed by atoms with E-state index in [9.17, 15) is 0 Å². The van der Waals surface area contributed by atoms with Gasteiger partial charge in [-0.05, 0) is 34.0 Å². The number of pyridine rings is 1. The highest BCUT2D eigenvalue weighted by atomic mass is 79.9. The minimum absolute atomic E-state index is 0.243. The van der Waals surface area contributed by atoms with Gasteiger partial charge in [0.1, 0.15) is 6.10 Å². The molecule has 104 valence electrons. The lowest BCUT2D eigenvalue weighted by Crippen LogP contribution is -2.24. The van der Waals surface area contributed by atoms with Gasteiger partial charge in [-0.2, -0.15) is 0 Å². The number of aromatic nitrogens is 1. The summed E-state index contributed by atoms with van der Waals surface area (Å²) in [6, 6.07) is 14.4. The molecule has 0 radical (unpaired) electrons. The van der Waals surface area contributed by atoms with E-state index in [-0.39, 0.29) is 6.10 Å². The van der Waals surface area contributed by atoms with Crippen LogP contribution in [0.4, 0.5) is 0 Å². The maximum Gasteiger partial charge on any atom is 0.213 e. The maximum atomic E-state index is 5.92. The molecular weight excluding hydrogens is 316 g/mol. The van der Waals surface area contributed by atoms with Gasteiger partial charge in [-0.25, -0.2) is 4.98 Å². The molecule has 1 atom stereocenters. The van der Waals surface area contributed by atoms with Gasteiger partial charge in [0.2, 0.25) is 5.88 Å². The van der Waals surface area contributed by atoms with Crippen LogP contribution in [0.2, 0.25) is 0 Å². The first-order valence-electron chi connectivity index (χ1n) is 6.84. The molecule has 0 bridgehead atoms. The van der Waals surface area contributed by atoms with Gasteiger partial charge >= 0.3 is 0 Å². The summed E-state index contributed by atoms with van der Waals surface area (Å²) in [5.41, 5.74) is 1.36. The van der Waals surface area contributed by atoms with E-state index in [0.717, 1.165) is 30.5 Å². The van der Waals surface area contributed by atoms with Gasteiger partial charge in [0.05, 0.1) is 0 Å². The van der Waals surface area contributed by atoms with Crippen molar-refractivity contribution in [3.05, 3.63) is 58.7 Å². The van der Waals surface area contributed by atoms with Crippen molar-refractivity contribution in [3.8, 4) is 5.88 Å². The highest BCUT2D eigenvalue weighted by Gasteiger charge is 2.24. The van der Waals surface area contributed by atoms with E-state index in [1.54, 1.807) is 6.20 Å². The summed E-state index contributed by atoms with van der Waals surface area (Å²) < 4.78 is 6.90. The van der Waals surface area contributed by atoms with E-state index in [1.165, 1.54) is 5.56 Å². The minimum Gasteiger partial charge on any atom is -0.473 e. The Morgan fingerprint density at radius 3 is 2.80 bits per heavy atom. The summed E-state index contributed by atoms with van der Waals surface area (Å²) in [7, 11) is 0. The van der Waals surface area contributed by atoms with Crippen LogP contribution in [0.5, 0.6) is 5.88 Å². The van der Waals surface area contributed by atoms with Crippen molar-refractivity contribution in [1.29, 1.82) is 0 Å². The predicted molar refractivity (Wildman–Crippen MR) is 82.7 cm³/mol. The molecule has 20 heavy (non-hydrogen) atoms. The molecule has 3 rings (SSSR count). The molecule has 1 saturated heterocycles. The molecule has 1 fully saturated rings. The van der Waals surface area contributed by atoms with E-state index in [4.69, 9.17) is 4.74 Å². The van der Waals surface area contributed by atoms with Gasteiger partial charge in [-0.3, -0.25) is 4.90 Å². The molecule has 3 nitrogen and oxygen atoms in total. The molecule has 2 aromatic rings. The first kappa shape index (κ1) is 13.6. The van der Waals surface area contributed by atoms with Crippen LogP contribution in [-0.4, -0.2) is 29.1 Å². The van der Waals surface area contributed by atoms with Crippen molar-refractivity contribution in [2.24, 2.45) is 0 Å². The summed E-state index contributed by atoms with van der Waals surface area (Å²) >= 11 is 3.38. The number of likely N-dealkylation sites (tertiary alicyclic amines) is 1. The van der Waals surface area contributed by atoms with Crippen molar-refractivity contribution < 1.29 is 4.74 Å². The van der Waals surface area contributed by atoms with Crippen LogP contribution >= 0.6 is 15.9 Å². The molecule has 1 aromatic heterocycles. The normalized spacial score (nSPS) is 19.1. The Bertz CT molecular complexity index is 544. The topological polar surface area (TPSA) is 25.4 Å². The first-order chi connectivity index (χ1) is 9.79. The van der Waals surface area contributed by atoms with Crippen LogP contribution in [-0.2, 0) is 6.54 Å². The van der Waals surface area contributed by atoms with Crippen LogP contribution in [0.15, 0.2) is 53.1 Å². The van der Waals surface area contributed by atoms with Crippen LogP contribution in [0, 0.1) is 0 Å². The van der Waals surface area contributed by atoms with E-state index >= 15 is 0 Å². The third-order valence-corrected chi connectivity index (χ3v) is 3.93. The Balaban J connectivity index is 1.53. The Hall–Kier alpha value is -1.39. The fourth-order valence-corrected chi connectivity index (χ4v) is 2.72. The summed E-state index contributed by atoms with van der Waals surface area (Å²) in [5, 5.41) is 0. The standard InChI is InChI=1S/C16H17BrN2O/c17-14-6-7-16(18-10-14)20-15-8-9-19(12-15)11-13-4-2-1-3-5-13/h1-7,10,15H,8-9,11-12H2. The number of nitrogens with zero attached hydrogens (tertiary/aromatic N) is 2. The second kappa shape index (κ2) is 6.37. The Labute approximate surface area is 127 Å². The first-order valence-corrected chi connectivity index (χ1v) is 7.63. The smallest absolute Gasteiger partial charge is 0.213 e. The van der Waals surface area contributed by atoms with Crippen molar-refractivity contribution >= 4 is 15.9 Å². The predicted octanol–water partition coefficient (Wildman–Crippen LogP) is 3.50. The molecular formula is C16H17BrN2O. The molecule has 4 heteroatoms. The van der Waals surface area contributed by atoms with Crippen LogP contribution in [0.25, 0.3) is 0 Å². The number of ether oxygens (including phenoxy) is 1. The average Bonchev–Trinajstić information content (AvgIpc) is 2.90. The Kier molecular flexibility index (Phi) is 4.33. The quantitative estimate of drug-likeness (QED) is 0.856. The number of hydrogen-bond acceptors (Lipinski definition) is 3. The second-order valence-corrected chi connectivity index (χ2v) is 5.98. The third-order valence-electron chi connectivity index (χ3n) is 3.47. The average molecular weight is 333 g/mol. The van der Waals surface area contributed by atoms with E-state index in [1.807, 2.05) is 12.1 Å². The zero-order chi connectivity index (χ0) is 13.8. The second-order valence-electron chi connectivity index (χ2n) is 5.06. The monoisotopic (exact) mass is 332 g/mol. The van der Waals surface area contributed by atoms with Crippen molar-refractivity contribution in [2.75, 3.05) is 13.1 Å². The van der Waals surface area contributed by atoms with Crippen molar-refractivity contribution in [2.45, 2.75) is 19.1 Å². The molecule has 0 amide bonds. The molecule has 1 aromatic carbocycles. The molecule has 0 N–H and O–H groups in total. The molecule has 1 aliphatic rings. The molecule has 0 aliphatic carbocycles. The number of benzene rings is 1. The van der Waals surface area contributed by atoms with Gasteiger partial charge in [0, 0.05) is 36.4 Å². The van der Waals surface area contributed by atoms with E-state index in [0.29, 0.717) is 5.88 Å². The summed E-state index contributed by atoms with van der Waals surface area (Å²) in [6.07, 6.45) is 3.07. The van der Waals surface area contributed by atoms with Gasteiger partial charge in [-0.1, -0.05) is 30.3 Å². The largest absolute Gasteiger partial charge is 0.473 e. The summed E-state index contributed by atoms with van der Waals surface area (Å²) in [6.45, 7) is 3.04. The van der Waals surface area contributed by atoms with Gasteiger partial charge in [0.15, 0.2) is 0 Å². The van der Waals surface area contributed by atoms with Gasteiger partial charge in [0.25, 0.3) is 0 Å². The van der Waals surface area contributed by atoms with Crippen LogP contribution in [0.3, 0.4) is 0 Å². The molecule has 0 saturated carbocycles. The number of rotatable bonds is 4. The highest BCUT2D eigenvalue weighted by molar-refractivity contribution is 9.10. The van der Waals surface area contributed by atoms with E-state index in [2.05, 4.69) is 56.1 Å². The van der Waals surface area contributed by atoms with Crippen LogP contribution < -0.4 is 4.74 Å². The fourth-order valence-electron chi connectivity index (χ4n) is 2.48. The highest BCUT2D eigenvalue weighted by Crippen LogP contribution is 2.19. The molecule has 0 spiro atoms. The molecule has 1 aliphatic heterocycles. The van der Waals surface area contributed by atoms with E-state index < -0.39 is 0 Å². The number of halogens is 1. The Morgan fingerprint density at radius 1 is 1.20 bits per heavy atom. The van der Waals surface area contributed by atoms with Gasteiger partial charge in [-0.15, -0.1) is 0 Å². The Morgan fingerprint density at radius 2 is 2.05 bits per heavy atom. The number of hydrogen-bond donors (Lipinski definition) is 0. The van der Waals surface area contributed by atoms with Crippen molar-refractivity contribution in [1.82, 2.24) is 9.88 Å². The summed E-state index contributed by atoms with van der Waals surface area (Å²) in [4.78, 5) is 6.69. The molecule has 1 unspecified atom stereocenters. The lowest BCUT2D eigenvalue weighted by Gasteiger charge is -2.16. The molecule has 2 heterocycles. The lowest BCUT2D eigenvalue weighted by atomic mass is 10.2. The van der Waals surface area contributed by atoms with Crippen LogP contribution in [0.1, 0.15) is 12.0 Å². The maximum absolute atomic E-state index is 5.92. The SMILES string of the molecule is Brc1ccc(OC2CCN(Cc3ccccc3)C2)nc1. The zero-order valence-corrected chi connectivity index (χ0v) is 12.8. The van der Waals surface area contributed by atoms with Crippen molar-refractivity contribution in [3.63, 3.8) is 0 Å². The lowest BCUT2D eigenvalue weighted by molar-refractivity contribution is 0.191. The summed E-state index contributed by atoms with van der Waals surface area (Å²) in [5.74, 6) is 0.708. The minimum atomic E-state index is 0.243.